The maximum atomic E-state index is 5.88. The number of aromatic nitrogens is 5. The molecule has 25 heavy (non-hydrogen) atoms. The van der Waals surface area contributed by atoms with Crippen LogP contribution in [0.1, 0.15) is 11.1 Å². The van der Waals surface area contributed by atoms with E-state index in [9.17, 15) is 0 Å². The van der Waals surface area contributed by atoms with E-state index in [1.807, 2.05) is 42.5 Å². The lowest BCUT2D eigenvalue weighted by Crippen LogP contribution is -2.06. The zero-order valence-electron chi connectivity index (χ0n) is 13.4. The van der Waals surface area contributed by atoms with E-state index in [1.54, 1.807) is 12.5 Å². The van der Waals surface area contributed by atoms with Crippen LogP contribution >= 0.6 is 0 Å². The Kier molecular flexibility index (Phi) is 4.20. The number of hydrogen-bond acceptors (Lipinski definition) is 6. The maximum absolute atomic E-state index is 5.88. The van der Waals surface area contributed by atoms with E-state index in [2.05, 4.69) is 30.2 Å². The molecule has 3 heterocycles. The summed E-state index contributed by atoms with van der Waals surface area (Å²) in [7, 11) is 0. The monoisotopic (exact) mass is 332 g/mol. The molecule has 0 aliphatic rings. The first kappa shape index (κ1) is 15.1. The van der Waals surface area contributed by atoms with Crippen molar-refractivity contribution >= 4 is 17.0 Å². The van der Waals surface area contributed by atoms with Crippen LogP contribution < -0.4 is 10.1 Å². The van der Waals surface area contributed by atoms with Crippen LogP contribution in [0.25, 0.3) is 11.2 Å². The number of nitrogens with one attached hydrogen (secondary N) is 2. The molecule has 4 aromatic rings. The summed E-state index contributed by atoms with van der Waals surface area (Å²) in [5.74, 6) is 1.30. The zero-order valence-corrected chi connectivity index (χ0v) is 13.4. The summed E-state index contributed by atoms with van der Waals surface area (Å²) in [6.07, 6.45) is 4.81. The summed E-state index contributed by atoms with van der Waals surface area (Å²) in [6.45, 7) is 1.01. The smallest absolute Gasteiger partial charge is 0.218 e. The molecule has 4 rings (SSSR count). The van der Waals surface area contributed by atoms with Crippen LogP contribution in [0.15, 0.2) is 61.3 Å². The van der Waals surface area contributed by atoms with Crippen LogP contribution in [0, 0.1) is 0 Å². The van der Waals surface area contributed by atoms with Crippen molar-refractivity contribution in [3.63, 3.8) is 0 Å². The molecule has 2 N–H and O–H groups in total. The number of fused-ring (bicyclic) bond motifs is 1. The first-order valence-electron chi connectivity index (χ1n) is 7.89. The highest BCUT2D eigenvalue weighted by atomic mass is 16.5. The van der Waals surface area contributed by atoms with Crippen molar-refractivity contribution in [2.24, 2.45) is 0 Å². The highest BCUT2D eigenvalue weighted by Crippen LogP contribution is 2.20. The second-order valence-electron chi connectivity index (χ2n) is 5.42. The first-order chi connectivity index (χ1) is 12.4. The third-order valence-electron chi connectivity index (χ3n) is 3.74. The van der Waals surface area contributed by atoms with E-state index >= 15 is 0 Å². The molecule has 1 aromatic carbocycles. The average molecular weight is 332 g/mol. The lowest BCUT2D eigenvalue weighted by atomic mass is 10.2. The molecular weight excluding hydrogens is 316 g/mol. The molecule has 0 aliphatic carbocycles. The van der Waals surface area contributed by atoms with E-state index in [4.69, 9.17) is 4.74 Å². The standard InChI is InChI=1S/C18H16N6O/c1-2-5-13(6-3-1)10-25-18-14(7-4-8-19-18)9-20-16-15-17(22-11-21-15)24-12-23-16/h1-8,11-12H,9-10H2,(H2,20,21,22,23,24). The Hall–Kier alpha value is -3.48. The molecule has 3 aromatic heterocycles. The number of aromatic amines is 1. The van der Waals surface area contributed by atoms with Crippen LogP contribution in [-0.2, 0) is 13.2 Å². The van der Waals surface area contributed by atoms with E-state index in [-0.39, 0.29) is 0 Å². The minimum absolute atomic E-state index is 0.475. The zero-order chi connectivity index (χ0) is 16.9. The predicted octanol–water partition coefficient (Wildman–Crippen LogP) is 2.94. The number of hydrogen-bond donors (Lipinski definition) is 2. The van der Waals surface area contributed by atoms with Gasteiger partial charge in [-0.3, -0.25) is 0 Å². The predicted molar refractivity (Wildman–Crippen MR) is 94.0 cm³/mol. The fourth-order valence-corrected chi connectivity index (χ4v) is 2.49. The molecular formula is C18H16N6O. The number of pyridine rings is 1. The third-order valence-corrected chi connectivity index (χ3v) is 3.74. The molecule has 0 unspecified atom stereocenters. The fraction of sp³-hybridized carbons (Fsp3) is 0.111. The van der Waals surface area contributed by atoms with Gasteiger partial charge >= 0.3 is 0 Å². The Morgan fingerprint density at radius 2 is 1.88 bits per heavy atom. The van der Waals surface area contributed by atoms with E-state index in [0.29, 0.717) is 30.5 Å². The van der Waals surface area contributed by atoms with Gasteiger partial charge in [-0.05, 0) is 11.6 Å². The van der Waals surface area contributed by atoms with Crippen molar-refractivity contribution in [1.82, 2.24) is 24.9 Å². The Morgan fingerprint density at radius 1 is 0.960 bits per heavy atom. The van der Waals surface area contributed by atoms with Crippen LogP contribution in [0.4, 0.5) is 5.82 Å². The minimum Gasteiger partial charge on any atom is -0.473 e. The SMILES string of the molecule is c1ccc(COc2ncccc2CNc2ncnc3nc[nH]c23)cc1. The second-order valence-corrected chi connectivity index (χ2v) is 5.42. The van der Waals surface area contributed by atoms with E-state index in [0.717, 1.165) is 16.6 Å². The summed E-state index contributed by atoms with van der Waals surface area (Å²) < 4.78 is 5.88. The van der Waals surface area contributed by atoms with Gasteiger partial charge in [0, 0.05) is 18.3 Å². The molecule has 124 valence electrons. The first-order valence-corrected chi connectivity index (χ1v) is 7.89. The van der Waals surface area contributed by atoms with Crippen LogP contribution in [0.2, 0.25) is 0 Å². The van der Waals surface area contributed by atoms with Gasteiger partial charge in [0.2, 0.25) is 5.88 Å². The molecule has 0 saturated carbocycles. The van der Waals surface area contributed by atoms with Crippen molar-refractivity contribution in [2.75, 3.05) is 5.32 Å². The summed E-state index contributed by atoms with van der Waals surface area (Å²) in [4.78, 5) is 19.9. The third kappa shape index (κ3) is 3.40. The van der Waals surface area contributed by atoms with Crippen molar-refractivity contribution in [1.29, 1.82) is 0 Å². The van der Waals surface area contributed by atoms with Crippen molar-refractivity contribution < 1.29 is 4.74 Å². The van der Waals surface area contributed by atoms with Gasteiger partial charge in [0.25, 0.3) is 0 Å². The minimum atomic E-state index is 0.475. The molecule has 0 radical (unpaired) electrons. The van der Waals surface area contributed by atoms with Crippen molar-refractivity contribution in [2.45, 2.75) is 13.2 Å². The van der Waals surface area contributed by atoms with Gasteiger partial charge < -0.3 is 15.0 Å². The van der Waals surface area contributed by atoms with E-state index < -0.39 is 0 Å². The summed E-state index contributed by atoms with van der Waals surface area (Å²) >= 11 is 0. The van der Waals surface area contributed by atoms with Crippen molar-refractivity contribution in [3.05, 3.63) is 72.4 Å². The van der Waals surface area contributed by atoms with Gasteiger partial charge in [0.05, 0.1) is 6.33 Å². The Bertz CT molecular complexity index is 969. The van der Waals surface area contributed by atoms with Gasteiger partial charge in [-0.25, -0.2) is 19.9 Å². The fourth-order valence-electron chi connectivity index (χ4n) is 2.49. The van der Waals surface area contributed by atoms with Gasteiger partial charge in [0.1, 0.15) is 18.5 Å². The molecule has 7 nitrogen and oxygen atoms in total. The van der Waals surface area contributed by atoms with Crippen LogP contribution in [0.5, 0.6) is 5.88 Å². The highest BCUT2D eigenvalue weighted by molar-refractivity contribution is 5.81. The van der Waals surface area contributed by atoms with Gasteiger partial charge in [-0.15, -0.1) is 0 Å². The Balaban J connectivity index is 1.48. The van der Waals surface area contributed by atoms with Crippen LogP contribution in [0.3, 0.4) is 0 Å². The second kappa shape index (κ2) is 6.96. The number of H-pyrrole nitrogens is 1. The Morgan fingerprint density at radius 3 is 2.80 bits per heavy atom. The largest absolute Gasteiger partial charge is 0.473 e. The number of anilines is 1. The molecule has 0 atom stereocenters. The molecule has 0 saturated heterocycles. The van der Waals surface area contributed by atoms with Gasteiger partial charge in [-0.1, -0.05) is 36.4 Å². The lowest BCUT2D eigenvalue weighted by Gasteiger charge is -2.11. The number of benzene rings is 1. The molecule has 0 fully saturated rings. The summed E-state index contributed by atoms with van der Waals surface area (Å²) in [6, 6.07) is 13.9. The lowest BCUT2D eigenvalue weighted by molar-refractivity contribution is 0.291. The topological polar surface area (TPSA) is 88.6 Å². The van der Waals surface area contributed by atoms with Gasteiger partial charge in [0.15, 0.2) is 11.5 Å². The summed E-state index contributed by atoms with van der Waals surface area (Å²) in [5, 5.41) is 3.29. The normalized spacial score (nSPS) is 10.7. The maximum Gasteiger partial charge on any atom is 0.218 e. The molecule has 0 aliphatic heterocycles. The average Bonchev–Trinajstić information content (AvgIpc) is 3.15. The highest BCUT2D eigenvalue weighted by Gasteiger charge is 2.08. The summed E-state index contributed by atoms with van der Waals surface area (Å²) in [5.41, 5.74) is 3.45. The number of rotatable bonds is 6. The van der Waals surface area contributed by atoms with E-state index in [1.165, 1.54) is 6.33 Å². The molecule has 7 heteroatoms. The number of ether oxygens (including phenoxy) is 1. The van der Waals surface area contributed by atoms with Crippen molar-refractivity contribution in [3.8, 4) is 5.88 Å². The molecule has 0 amide bonds. The molecule has 0 bridgehead atoms. The molecule has 0 spiro atoms. The van der Waals surface area contributed by atoms with Gasteiger partial charge in [-0.2, -0.15) is 0 Å². The Labute approximate surface area is 144 Å². The number of nitrogens with zero attached hydrogens (tertiary/aromatic N) is 4. The quantitative estimate of drug-likeness (QED) is 0.564. The van der Waals surface area contributed by atoms with Crippen LogP contribution in [-0.4, -0.2) is 24.9 Å². The number of imidazole rings is 1.